The molecule has 0 aliphatic rings. The highest BCUT2D eigenvalue weighted by atomic mass is 35.5. The van der Waals surface area contributed by atoms with E-state index in [2.05, 4.69) is 15.6 Å². The summed E-state index contributed by atoms with van der Waals surface area (Å²) in [6, 6.07) is 8.96. The van der Waals surface area contributed by atoms with Crippen molar-refractivity contribution in [1.29, 1.82) is 0 Å². The van der Waals surface area contributed by atoms with Crippen LogP contribution in [0.15, 0.2) is 65.4 Å². The summed E-state index contributed by atoms with van der Waals surface area (Å²) in [6.45, 7) is 0. The lowest BCUT2D eigenvalue weighted by Crippen LogP contribution is -2.16. The fourth-order valence-corrected chi connectivity index (χ4v) is 2.51. The van der Waals surface area contributed by atoms with Gasteiger partial charge in [0.25, 0.3) is 5.91 Å². The summed E-state index contributed by atoms with van der Waals surface area (Å²) in [6.07, 6.45) is 0.353. The van der Waals surface area contributed by atoms with Gasteiger partial charge in [0.15, 0.2) is 5.76 Å². The van der Waals surface area contributed by atoms with E-state index in [1.165, 1.54) is 42.8 Å². The highest BCUT2D eigenvalue weighted by Gasteiger charge is 2.34. The first kappa shape index (κ1) is 21.1. The van der Waals surface area contributed by atoms with Gasteiger partial charge in [0.1, 0.15) is 5.15 Å². The molecule has 0 unspecified atom stereocenters. The normalized spacial score (nSPS) is 11.5. The number of nitrogens with one attached hydrogen (secondary N) is 2. The molecule has 3 aromatic rings. The molecule has 2 aromatic heterocycles. The zero-order valence-corrected chi connectivity index (χ0v) is 15.8. The number of benzene rings is 1. The van der Waals surface area contributed by atoms with Gasteiger partial charge in [-0.1, -0.05) is 17.7 Å². The first-order valence-corrected chi connectivity index (χ1v) is 8.77. The number of pyridine rings is 1. The van der Waals surface area contributed by atoms with Gasteiger partial charge in [0.2, 0.25) is 5.91 Å². The number of anilines is 2. The van der Waals surface area contributed by atoms with Crippen molar-refractivity contribution in [3.63, 3.8) is 0 Å². The summed E-state index contributed by atoms with van der Waals surface area (Å²) >= 11 is 5.66. The van der Waals surface area contributed by atoms with Gasteiger partial charge >= 0.3 is 6.18 Å². The van der Waals surface area contributed by atoms with Crippen molar-refractivity contribution in [3.05, 3.63) is 83.0 Å². The van der Waals surface area contributed by atoms with Crippen LogP contribution < -0.4 is 10.6 Å². The van der Waals surface area contributed by atoms with Crippen molar-refractivity contribution in [3.8, 4) is 0 Å². The molecule has 2 heterocycles. The maximum Gasteiger partial charge on any atom is 0.418 e. The lowest BCUT2D eigenvalue weighted by Gasteiger charge is -2.15. The quantitative estimate of drug-likeness (QED) is 0.423. The second-order valence-corrected chi connectivity index (χ2v) is 6.31. The van der Waals surface area contributed by atoms with Gasteiger partial charge < -0.3 is 15.1 Å². The predicted molar refractivity (Wildman–Crippen MR) is 105 cm³/mol. The van der Waals surface area contributed by atoms with E-state index in [-0.39, 0.29) is 16.6 Å². The van der Waals surface area contributed by atoms with Crippen LogP contribution in [-0.4, -0.2) is 16.8 Å². The molecule has 0 saturated carbocycles. The Morgan fingerprint density at radius 3 is 2.53 bits per heavy atom. The summed E-state index contributed by atoms with van der Waals surface area (Å²) < 4.78 is 45.3. The number of carbonyl (C=O) groups excluding carboxylic acids is 2. The Kier molecular flexibility index (Phi) is 6.22. The second-order valence-electron chi connectivity index (χ2n) is 5.93. The third-order valence-electron chi connectivity index (χ3n) is 3.76. The van der Waals surface area contributed by atoms with Crippen molar-refractivity contribution in [2.75, 3.05) is 10.6 Å². The minimum Gasteiger partial charge on any atom is -0.459 e. The lowest BCUT2D eigenvalue weighted by atomic mass is 10.1. The van der Waals surface area contributed by atoms with E-state index in [0.717, 1.165) is 18.2 Å². The maximum atomic E-state index is 13.5. The molecule has 1 aromatic carbocycles. The van der Waals surface area contributed by atoms with Gasteiger partial charge in [-0.3, -0.25) is 9.59 Å². The Balaban J connectivity index is 1.77. The highest BCUT2D eigenvalue weighted by molar-refractivity contribution is 6.29. The molecule has 10 heteroatoms. The van der Waals surface area contributed by atoms with Gasteiger partial charge in [-0.05, 0) is 48.0 Å². The third kappa shape index (κ3) is 5.48. The van der Waals surface area contributed by atoms with E-state index in [1.54, 1.807) is 6.07 Å². The molecule has 2 amide bonds. The number of amides is 2. The van der Waals surface area contributed by atoms with Crippen LogP contribution in [0.2, 0.25) is 5.15 Å². The number of furan rings is 1. The number of rotatable bonds is 5. The monoisotopic (exact) mass is 435 g/mol. The Hall–Kier alpha value is -3.59. The molecule has 6 nitrogen and oxygen atoms in total. The van der Waals surface area contributed by atoms with Crippen molar-refractivity contribution in [2.45, 2.75) is 6.18 Å². The summed E-state index contributed by atoms with van der Waals surface area (Å²) in [5.74, 6) is -1.53. The Bertz CT molecular complexity index is 1080. The lowest BCUT2D eigenvalue weighted by molar-refractivity contribution is -0.136. The minimum absolute atomic E-state index is 0.0530. The smallest absolute Gasteiger partial charge is 0.418 e. The molecule has 154 valence electrons. The van der Waals surface area contributed by atoms with E-state index < -0.39 is 29.2 Å². The van der Waals surface area contributed by atoms with E-state index in [4.69, 9.17) is 16.0 Å². The highest BCUT2D eigenvalue weighted by Crippen LogP contribution is 2.36. The first-order chi connectivity index (χ1) is 14.2. The number of nitrogens with zero attached hydrogens (tertiary/aromatic N) is 1. The molecular weight excluding hydrogens is 423 g/mol. The number of hydrogen-bond donors (Lipinski definition) is 2. The molecule has 0 atom stereocenters. The van der Waals surface area contributed by atoms with Crippen LogP contribution in [0, 0.1) is 0 Å². The third-order valence-corrected chi connectivity index (χ3v) is 3.99. The molecule has 30 heavy (non-hydrogen) atoms. The number of aromatic nitrogens is 1. The standard InChI is InChI=1S/C20H13ClF3N3O3/c21-17-7-3-12(11-25-17)4-8-18(28)27-15-6-5-13(10-14(15)20(22,23)24)26-19(29)16-2-1-9-30-16/h1-11H,(H,26,29)(H,27,28). The number of halogens is 4. The van der Waals surface area contributed by atoms with Gasteiger partial charge in [-0.2, -0.15) is 13.2 Å². The Morgan fingerprint density at radius 1 is 1.10 bits per heavy atom. The van der Waals surface area contributed by atoms with Gasteiger partial charge in [0, 0.05) is 18.0 Å². The van der Waals surface area contributed by atoms with Gasteiger partial charge in [-0.25, -0.2) is 4.98 Å². The second kappa shape index (κ2) is 8.83. The molecule has 2 N–H and O–H groups in total. The molecule has 0 aliphatic heterocycles. The molecular formula is C20H13ClF3N3O3. The van der Waals surface area contributed by atoms with E-state index in [9.17, 15) is 22.8 Å². The predicted octanol–water partition coefficient (Wildman–Crippen LogP) is 5.25. The molecule has 0 spiro atoms. The van der Waals surface area contributed by atoms with Crippen LogP contribution in [0.25, 0.3) is 6.08 Å². The van der Waals surface area contributed by atoms with Crippen molar-refractivity contribution in [2.24, 2.45) is 0 Å². The zero-order chi connectivity index (χ0) is 21.7. The fourth-order valence-electron chi connectivity index (χ4n) is 2.40. The summed E-state index contributed by atoms with van der Waals surface area (Å²) in [5.41, 5.74) is -1.14. The molecule has 0 radical (unpaired) electrons. The number of alkyl halides is 3. The number of hydrogen-bond acceptors (Lipinski definition) is 4. The van der Waals surface area contributed by atoms with Crippen LogP contribution in [0.4, 0.5) is 24.5 Å². The van der Waals surface area contributed by atoms with Crippen LogP contribution in [0.3, 0.4) is 0 Å². The Labute approximate surface area is 173 Å². The summed E-state index contributed by atoms with van der Waals surface area (Å²) in [4.78, 5) is 27.8. The van der Waals surface area contributed by atoms with Crippen LogP contribution in [0.5, 0.6) is 0 Å². The largest absolute Gasteiger partial charge is 0.459 e. The van der Waals surface area contributed by atoms with Crippen LogP contribution >= 0.6 is 11.6 Å². The maximum absolute atomic E-state index is 13.5. The average molecular weight is 436 g/mol. The minimum atomic E-state index is -4.77. The molecule has 0 bridgehead atoms. The average Bonchev–Trinajstić information content (AvgIpc) is 3.23. The van der Waals surface area contributed by atoms with Crippen LogP contribution in [-0.2, 0) is 11.0 Å². The van der Waals surface area contributed by atoms with E-state index in [1.807, 2.05) is 0 Å². The first-order valence-electron chi connectivity index (χ1n) is 8.39. The Morgan fingerprint density at radius 2 is 1.90 bits per heavy atom. The SMILES string of the molecule is O=C(C=Cc1ccc(Cl)nc1)Nc1ccc(NC(=O)c2ccco2)cc1C(F)(F)F. The molecule has 0 aliphatic carbocycles. The molecule has 3 rings (SSSR count). The fraction of sp³-hybridized carbons (Fsp3) is 0.0500. The summed E-state index contributed by atoms with van der Waals surface area (Å²) in [7, 11) is 0. The van der Waals surface area contributed by atoms with Gasteiger partial charge in [0.05, 0.1) is 17.5 Å². The van der Waals surface area contributed by atoms with Crippen molar-refractivity contribution in [1.82, 2.24) is 4.98 Å². The molecule has 0 saturated heterocycles. The molecule has 0 fully saturated rings. The van der Waals surface area contributed by atoms with Crippen molar-refractivity contribution >= 4 is 40.9 Å². The topological polar surface area (TPSA) is 84.2 Å². The van der Waals surface area contributed by atoms with E-state index >= 15 is 0 Å². The summed E-state index contributed by atoms with van der Waals surface area (Å²) in [5, 5.41) is 4.76. The number of carbonyl (C=O) groups is 2. The van der Waals surface area contributed by atoms with E-state index in [0.29, 0.717) is 5.56 Å². The zero-order valence-electron chi connectivity index (χ0n) is 15.0. The van der Waals surface area contributed by atoms with Crippen LogP contribution in [0.1, 0.15) is 21.7 Å². The van der Waals surface area contributed by atoms with Crippen molar-refractivity contribution < 1.29 is 27.2 Å². The van der Waals surface area contributed by atoms with Gasteiger partial charge in [-0.15, -0.1) is 0 Å².